The number of carbonyl (C=O) groups excluding carboxylic acids is 1. The molecule has 0 fully saturated rings. The number of anilines is 1. The molecule has 0 aliphatic heterocycles. The van der Waals surface area contributed by atoms with E-state index < -0.39 is 0 Å². The first-order chi connectivity index (χ1) is 14.6. The van der Waals surface area contributed by atoms with Crippen molar-refractivity contribution in [3.8, 4) is 16.4 Å². The first-order valence-electron chi connectivity index (χ1n) is 9.20. The van der Waals surface area contributed by atoms with Crippen LogP contribution in [0.4, 0.5) is 5.69 Å². The van der Waals surface area contributed by atoms with Gasteiger partial charge in [-0.15, -0.1) is 11.3 Å². The van der Waals surface area contributed by atoms with Crippen LogP contribution < -0.4 is 5.32 Å². The number of nitrogens with zero attached hydrogens (tertiary/aromatic N) is 5. The van der Waals surface area contributed by atoms with Gasteiger partial charge in [0.1, 0.15) is 0 Å². The first-order valence-corrected chi connectivity index (χ1v) is 10.0. The molecule has 0 saturated carbocycles. The summed E-state index contributed by atoms with van der Waals surface area (Å²) in [7, 11) is 0. The average molecular weight is 416 g/mol. The van der Waals surface area contributed by atoms with Gasteiger partial charge < -0.3 is 9.84 Å². The second-order valence-electron chi connectivity index (χ2n) is 6.72. The highest BCUT2D eigenvalue weighted by molar-refractivity contribution is 7.15. The number of fused-ring (bicyclic) bond motifs is 1. The Kier molecular flexibility index (Phi) is 4.36. The molecule has 0 unspecified atom stereocenters. The van der Waals surface area contributed by atoms with Crippen LogP contribution in [0.15, 0.2) is 59.5 Å². The van der Waals surface area contributed by atoms with Crippen molar-refractivity contribution in [2.24, 2.45) is 0 Å². The molecule has 0 aliphatic carbocycles. The molecule has 0 radical (unpaired) electrons. The minimum absolute atomic E-state index is 0.281. The van der Waals surface area contributed by atoms with E-state index in [1.54, 1.807) is 59.7 Å². The number of carbonyl (C=O) groups is 1. The van der Waals surface area contributed by atoms with E-state index >= 15 is 0 Å². The van der Waals surface area contributed by atoms with Crippen LogP contribution in [0.25, 0.3) is 27.5 Å². The lowest BCUT2D eigenvalue weighted by atomic mass is 10.1. The molecule has 0 aliphatic rings. The minimum atomic E-state index is -0.281. The van der Waals surface area contributed by atoms with Gasteiger partial charge in [-0.05, 0) is 50.2 Å². The van der Waals surface area contributed by atoms with Gasteiger partial charge in [-0.3, -0.25) is 4.79 Å². The molecular formula is C21H16N6O2S. The van der Waals surface area contributed by atoms with E-state index in [4.69, 9.17) is 4.52 Å². The summed E-state index contributed by atoms with van der Waals surface area (Å²) in [4.78, 5) is 24.2. The summed E-state index contributed by atoms with van der Waals surface area (Å²) in [6, 6.07) is 11.2. The topological polar surface area (TPSA) is 98.7 Å². The third-order valence-corrected chi connectivity index (χ3v) is 5.62. The number of thiophene rings is 1. The zero-order valence-electron chi connectivity index (χ0n) is 16.2. The summed E-state index contributed by atoms with van der Waals surface area (Å²) >= 11 is 1.61. The fourth-order valence-corrected chi connectivity index (χ4v) is 4.00. The molecule has 0 spiro atoms. The maximum atomic E-state index is 13.1. The van der Waals surface area contributed by atoms with Gasteiger partial charge >= 0.3 is 0 Å². The number of pyridine rings is 2. The van der Waals surface area contributed by atoms with Gasteiger partial charge in [0.15, 0.2) is 5.82 Å². The molecule has 1 N–H and O–H groups in total. The summed E-state index contributed by atoms with van der Waals surface area (Å²) in [5.74, 6) is 0.381. The lowest BCUT2D eigenvalue weighted by Gasteiger charge is -2.08. The number of amides is 1. The molecule has 5 aromatic heterocycles. The molecule has 148 valence electrons. The highest BCUT2D eigenvalue weighted by atomic mass is 32.1. The van der Waals surface area contributed by atoms with Gasteiger partial charge in [0, 0.05) is 17.3 Å². The fourth-order valence-electron chi connectivity index (χ4n) is 3.17. The molecule has 5 aromatic rings. The third-order valence-electron chi connectivity index (χ3n) is 4.60. The SMILES string of the molecule is Cc1ccc(-c2cc(C(=O)Nc3ccc(-n4cccn4)nc3)c3c(C)noc3n2)s1. The van der Waals surface area contributed by atoms with Crippen molar-refractivity contribution in [2.45, 2.75) is 13.8 Å². The van der Waals surface area contributed by atoms with Crippen LogP contribution in [0.3, 0.4) is 0 Å². The maximum Gasteiger partial charge on any atom is 0.259 e. The van der Waals surface area contributed by atoms with E-state index in [9.17, 15) is 4.79 Å². The Bertz CT molecular complexity index is 1350. The second-order valence-corrected chi connectivity index (χ2v) is 8.01. The Morgan fingerprint density at radius 2 is 2.10 bits per heavy atom. The first kappa shape index (κ1) is 18.2. The van der Waals surface area contributed by atoms with E-state index in [-0.39, 0.29) is 5.91 Å². The third kappa shape index (κ3) is 3.25. The molecular weight excluding hydrogens is 400 g/mol. The van der Waals surface area contributed by atoms with E-state index in [0.717, 1.165) is 9.75 Å². The maximum absolute atomic E-state index is 13.1. The van der Waals surface area contributed by atoms with Crippen molar-refractivity contribution >= 4 is 34.0 Å². The molecule has 9 heteroatoms. The summed E-state index contributed by atoms with van der Waals surface area (Å²) in [5, 5.41) is 11.6. The molecule has 8 nitrogen and oxygen atoms in total. The van der Waals surface area contributed by atoms with Crippen LogP contribution in [-0.4, -0.2) is 30.8 Å². The zero-order chi connectivity index (χ0) is 20.7. The lowest BCUT2D eigenvalue weighted by Crippen LogP contribution is -2.13. The van der Waals surface area contributed by atoms with Crippen molar-refractivity contribution in [3.05, 3.63) is 71.1 Å². The van der Waals surface area contributed by atoms with Gasteiger partial charge in [-0.2, -0.15) is 5.10 Å². The predicted molar refractivity (Wildman–Crippen MR) is 114 cm³/mol. The van der Waals surface area contributed by atoms with Crippen molar-refractivity contribution in [3.63, 3.8) is 0 Å². The number of hydrogen-bond donors (Lipinski definition) is 1. The van der Waals surface area contributed by atoms with E-state index in [2.05, 4.69) is 25.5 Å². The normalized spacial score (nSPS) is 11.1. The molecule has 0 saturated heterocycles. The van der Waals surface area contributed by atoms with Crippen molar-refractivity contribution in [1.82, 2.24) is 24.9 Å². The van der Waals surface area contributed by atoms with E-state index in [0.29, 0.717) is 39.6 Å². The van der Waals surface area contributed by atoms with Crippen LogP contribution in [0.1, 0.15) is 20.9 Å². The standard InChI is InChI=1S/C21H16N6O2S/c1-12-4-6-17(30-12)16-10-15(19-13(2)26-29-21(19)25-16)20(28)24-14-5-7-18(22-11-14)27-9-3-8-23-27/h3-11H,1-2H3,(H,24,28). The fraction of sp³-hybridized carbons (Fsp3) is 0.0952. The molecule has 0 atom stereocenters. The molecule has 30 heavy (non-hydrogen) atoms. The van der Waals surface area contributed by atoms with Gasteiger partial charge in [0.2, 0.25) is 0 Å². The van der Waals surface area contributed by atoms with Gasteiger partial charge in [0.05, 0.1) is 39.1 Å². The summed E-state index contributed by atoms with van der Waals surface area (Å²) in [6.07, 6.45) is 5.08. The number of hydrogen-bond acceptors (Lipinski definition) is 7. The van der Waals surface area contributed by atoms with Crippen LogP contribution in [0, 0.1) is 13.8 Å². The van der Waals surface area contributed by atoms with Crippen LogP contribution in [-0.2, 0) is 0 Å². The number of aromatic nitrogens is 5. The molecule has 1 amide bonds. The van der Waals surface area contributed by atoms with E-state index in [1.807, 2.05) is 25.1 Å². The van der Waals surface area contributed by atoms with E-state index in [1.165, 1.54) is 0 Å². The van der Waals surface area contributed by atoms with Gasteiger partial charge in [-0.1, -0.05) is 5.16 Å². The molecule has 0 bridgehead atoms. The Morgan fingerprint density at radius 1 is 1.20 bits per heavy atom. The highest BCUT2D eigenvalue weighted by Crippen LogP contribution is 2.31. The van der Waals surface area contributed by atoms with Crippen LogP contribution in [0.2, 0.25) is 0 Å². The van der Waals surface area contributed by atoms with Crippen molar-refractivity contribution in [2.75, 3.05) is 5.32 Å². The second kappa shape index (κ2) is 7.20. The zero-order valence-corrected chi connectivity index (χ0v) is 17.0. The quantitative estimate of drug-likeness (QED) is 0.466. The molecule has 0 aromatic carbocycles. The number of nitrogens with one attached hydrogen (secondary N) is 1. The van der Waals surface area contributed by atoms with Crippen LogP contribution in [0.5, 0.6) is 0 Å². The summed E-state index contributed by atoms with van der Waals surface area (Å²) < 4.78 is 7.00. The summed E-state index contributed by atoms with van der Waals surface area (Å²) in [5.41, 5.74) is 2.66. The smallest absolute Gasteiger partial charge is 0.259 e. The monoisotopic (exact) mass is 416 g/mol. The van der Waals surface area contributed by atoms with Crippen LogP contribution >= 0.6 is 11.3 Å². The van der Waals surface area contributed by atoms with Gasteiger partial charge in [-0.25, -0.2) is 14.6 Å². The minimum Gasteiger partial charge on any atom is -0.335 e. The largest absolute Gasteiger partial charge is 0.335 e. The Hall–Kier alpha value is -3.85. The number of rotatable bonds is 4. The predicted octanol–water partition coefficient (Wildman–Crippen LogP) is 4.40. The van der Waals surface area contributed by atoms with Gasteiger partial charge in [0.25, 0.3) is 11.6 Å². The Labute approximate surface area is 175 Å². The Morgan fingerprint density at radius 3 is 2.80 bits per heavy atom. The average Bonchev–Trinajstić information content (AvgIpc) is 3.50. The highest BCUT2D eigenvalue weighted by Gasteiger charge is 2.20. The van der Waals surface area contributed by atoms with Crippen molar-refractivity contribution in [1.29, 1.82) is 0 Å². The lowest BCUT2D eigenvalue weighted by molar-refractivity contribution is 0.102. The van der Waals surface area contributed by atoms with Crippen molar-refractivity contribution < 1.29 is 9.32 Å². The Balaban J connectivity index is 1.50. The molecule has 5 heterocycles. The number of aryl methyl sites for hydroxylation is 2. The summed E-state index contributed by atoms with van der Waals surface area (Å²) in [6.45, 7) is 3.82. The molecule has 5 rings (SSSR count).